The van der Waals surface area contributed by atoms with E-state index < -0.39 is 0 Å². The number of hydrogen-bond donors (Lipinski definition) is 2. The minimum absolute atomic E-state index is 0. The maximum atomic E-state index is 12.5. The smallest absolute Gasteiger partial charge is 0.259 e. The predicted molar refractivity (Wildman–Crippen MR) is 114 cm³/mol. The Bertz CT molecular complexity index is 779. The third kappa shape index (κ3) is 6.78. The van der Waals surface area contributed by atoms with Gasteiger partial charge in [0.05, 0.1) is 12.5 Å². The molecule has 2 aromatic carbocycles. The number of nitrogens with two attached hydrogens (primary N) is 1. The molecule has 6 nitrogen and oxygen atoms in total. The van der Waals surface area contributed by atoms with Crippen molar-refractivity contribution in [2.75, 3.05) is 26.4 Å². The van der Waals surface area contributed by atoms with Gasteiger partial charge in [0.1, 0.15) is 5.75 Å². The molecule has 0 fully saturated rings. The minimum Gasteiger partial charge on any atom is -0.483 e. The van der Waals surface area contributed by atoms with Gasteiger partial charge in [0.2, 0.25) is 5.91 Å². The second kappa shape index (κ2) is 11.2. The van der Waals surface area contributed by atoms with Gasteiger partial charge >= 0.3 is 0 Å². The van der Waals surface area contributed by atoms with Crippen LogP contribution in [0.4, 0.5) is 5.69 Å². The van der Waals surface area contributed by atoms with Crippen LogP contribution in [0.5, 0.6) is 5.75 Å². The average molecular weight is 406 g/mol. The molecule has 0 spiro atoms. The number of para-hydroxylation sites is 1. The summed E-state index contributed by atoms with van der Waals surface area (Å²) in [6.07, 6.45) is 0.981. The lowest BCUT2D eigenvalue weighted by molar-refractivity contribution is -0.130. The molecule has 0 bridgehead atoms. The topological polar surface area (TPSA) is 84.7 Å². The zero-order valence-electron chi connectivity index (χ0n) is 16.5. The molecule has 0 aliphatic rings. The third-order valence-electron chi connectivity index (χ3n) is 4.23. The Labute approximate surface area is 172 Å². The number of anilines is 1. The Morgan fingerprint density at radius 3 is 2.36 bits per heavy atom. The van der Waals surface area contributed by atoms with Crippen LogP contribution in [-0.4, -0.2) is 37.4 Å². The van der Waals surface area contributed by atoms with Gasteiger partial charge < -0.3 is 20.7 Å². The molecule has 152 valence electrons. The molecule has 0 radical (unpaired) electrons. The number of rotatable bonds is 8. The second-order valence-electron chi connectivity index (χ2n) is 6.56. The van der Waals surface area contributed by atoms with E-state index in [2.05, 4.69) is 5.32 Å². The Morgan fingerprint density at radius 2 is 1.75 bits per heavy atom. The highest BCUT2D eigenvalue weighted by Crippen LogP contribution is 2.27. The number of nitrogen functional groups attached to an aromatic ring is 1. The lowest BCUT2D eigenvalue weighted by atomic mass is 10.0. The largest absolute Gasteiger partial charge is 0.483 e. The molecule has 0 aliphatic heterocycles. The molecule has 3 N–H and O–H groups in total. The average Bonchev–Trinajstić information content (AvgIpc) is 2.66. The van der Waals surface area contributed by atoms with Crippen molar-refractivity contribution in [2.24, 2.45) is 0 Å². The summed E-state index contributed by atoms with van der Waals surface area (Å²) in [7, 11) is 3.37. The van der Waals surface area contributed by atoms with E-state index in [1.54, 1.807) is 26.2 Å². The van der Waals surface area contributed by atoms with Crippen LogP contribution in [0.15, 0.2) is 48.5 Å². The standard InChI is InChI=1S/C21H27N3O3.ClH/c1-4-18(23-20(25)13-15-9-11-16(22)12-10-15)17-7-5-6-8-19(17)27-14-21(26)24(2)3;/h5-12,18H,4,13-14,22H2,1-3H3,(H,23,25);1H. The van der Waals surface area contributed by atoms with Gasteiger partial charge in [-0.25, -0.2) is 0 Å². The van der Waals surface area contributed by atoms with Crippen LogP contribution >= 0.6 is 12.4 Å². The highest BCUT2D eigenvalue weighted by molar-refractivity contribution is 5.85. The van der Waals surface area contributed by atoms with E-state index in [0.29, 0.717) is 17.9 Å². The molecular formula is C21H28ClN3O3. The maximum Gasteiger partial charge on any atom is 0.259 e. The fourth-order valence-electron chi connectivity index (χ4n) is 2.63. The van der Waals surface area contributed by atoms with Crippen molar-refractivity contribution in [3.63, 3.8) is 0 Å². The van der Waals surface area contributed by atoms with Crippen molar-refractivity contribution >= 4 is 29.9 Å². The fourth-order valence-corrected chi connectivity index (χ4v) is 2.63. The number of halogens is 1. The van der Waals surface area contributed by atoms with Crippen LogP contribution in [0.3, 0.4) is 0 Å². The molecule has 0 saturated heterocycles. The van der Waals surface area contributed by atoms with Crippen molar-refractivity contribution in [1.29, 1.82) is 0 Å². The zero-order valence-corrected chi connectivity index (χ0v) is 17.3. The number of hydrogen-bond acceptors (Lipinski definition) is 4. The summed E-state index contributed by atoms with van der Waals surface area (Å²) >= 11 is 0. The molecule has 0 saturated carbocycles. The van der Waals surface area contributed by atoms with Gasteiger partial charge in [-0.05, 0) is 30.2 Å². The summed E-state index contributed by atoms with van der Waals surface area (Å²) in [5.41, 5.74) is 8.11. The normalized spacial score (nSPS) is 11.1. The van der Waals surface area contributed by atoms with E-state index >= 15 is 0 Å². The van der Waals surface area contributed by atoms with Crippen molar-refractivity contribution < 1.29 is 14.3 Å². The van der Waals surface area contributed by atoms with Crippen molar-refractivity contribution in [2.45, 2.75) is 25.8 Å². The van der Waals surface area contributed by atoms with Crippen LogP contribution < -0.4 is 15.8 Å². The van der Waals surface area contributed by atoms with E-state index in [1.807, 2.05) is 43.3 Å². The Morgan fingerprint density at radius 1 is 1.11 bits per heavy atom. The number of carbonyl (C=O) groups excluding carboxylic acids is 2. The summed E-state index contributed by atoms with van der Waals surface area (Å²) in [4.78, 5) is 25.7. The van der Waals surface area contributed by atoms with Crippen LogP contribution in [0.25, 0.3) is 0 Å². The quantitative estimate of drug-likeness (QED) is 0.661. The first-order chi connectivity index (χ1) is 12.9. The molecule has 28 heavy (non-hydrogen) atoms. The molecular weight excluding hydrogens is 378 g/mol. The summed E-state index contributed by atoms with van der Waals surface area (Å²) in [6, 6.07) is 14.5. The minimum atomic E-state index is -0.197. The summed E-state index contributed by atoms with van der Waals surface area (Å²) in [5.74, 6) is 0.406. The molecule has 1 atom stereocenters. The van der Waals surface area contributed by atoms with E-state index in [9.17, 15) is 9.59 Å². The monoisotopic (exact) mass is 405 g/mol. The van der Waals surface area contributed by atoms with Gasteiger partial charge in [-0.1, -0.05) is 37.3 Å². The summed E-state index contributed by atoms with van der Waals surface area (Å²) < 4.78 is 5.70. The SMILES string of the molecule is CCC(NC(=O)Cc1ccc(N)cc1)c1ccccc1OCC(=O)N(C)C.Cl. The maximum absolute atomic E-state index is 12.5. The first-order valence-corrected chi connectivity index (χ1v) is 8.96. The summed E-state index contributed by atoms with van der Waals surface area (Å²) in [5, 5.41) is 3.05. The van der Waals surface area contributed by atoms with Crippen LogP contribution in [0.2, 0.25) is 0 Å². The van der Waals surface area contributed by atoms with Crippen LogP contribution in [0, 0.1) is 0 Å². The Hall–Kier alpha value is -2.73. The lowest BCUT2D eigenvalue weighted by Gasteiger charge is -2.21. The van der Waals surface area contributed by atoms with Gasteiger partial charge in [-0.2, -0.15) is 0 Å². The molecule has 0 heterocycles. The van der Waals surface area contributed by atoms with E-state index in [1.165, 1.54) is 4.90 Å². The first-order valence-electron chi connectivity index (χ1n) is 8.96. The van der Waals surface area contributed by atoms with Gasteiger partial charge in [-0.3, -0.25) is 9.59 Å². The number of nitrogens with zero attached hydrogens (tertiary/aromatic N) is 1. The van der Waals surface area contributed by atoms with Gasteiger partial charge in [0, 0.05) is 25.3 Å². The van der Waals surface area contributed by atoms with Gasteiger partial charge in [-0.15, -0.1) is 12.4 Å². The van der Waals surface area contributed by atoms with E-state index in [-0.39, 0.29) is 43.3 Å². The predicted octanol–water partition coefficient (Wildman–Crippen LogP) is 2.97. The Kier molecular flexibility index (Phi) is 9.32. The van der Waals surface area contributed by atoms with E-state index in [4.69, 9.17) is 10.5 Å². The Balaban J connectivity index is 0.00000392. The summed E-state index contributed by atoms with van der Waals surface area (Å²) in [6.45, 7) is 1.95. The number of amides is 2. The van der Waals surface area contributed by atoms with Gasteiger partial charge in [0.15, 0.2) is 6.61 Å². The fraction of sp³-hybridized carbons (Fsp3) is 0.333. The number of ether oxygens (including phenoxy) is 1. The third-order valence-corrected chi connectivity index (χ3v) is 4.23. The number of benzene rings is 2. The number of carbonyl (C=O) groups is 2. The molecule has 1 unspecified atom stereocenters. The van der Waals surface area contributed by atoms with Gasteiger partial charge in [0.25, 0.3) is 5.91 Å². The molecule has 0 aromatic heterocycles. The first kappa shape index (κ1) is 23.3. The highest BCUT2D eigenvalue weighted by Gasteiger charge is 2.18. The molecule has 0 aliphatic carbocycles. The van der Waals surface area contributed by atoms with Crippen molar-refractivity contribution in [3.8, 4) is 5.75 Å². The highest BCUT2D eigenvalue weighted by atomic mass is 35.5. The van der Waals surface area contributed by atoms with Crippen molar-refractivity contribution in [3.05, 3.63) is 59.7 Å². The molecule has 2 aromatic rings. The molecule has 7 heteroatoms. The molecule has 2 amide bonds. The molecule has 2 rings (SSSR count). The number of likely N-dealkylation sites (N-methyl/N-ethyl adjacent to an activating group) is 1. The van der Waals surface area contributed by atoms with Crippen molar-refractivity contribution in [1.82, 2.24) is 10.2 Å². The number of nitrogens with one attached hydrogen (secondary N) is 1. The second-order valence-corrected chi connectivity index (χ2v) is 6.56. The lowest BCUT2D eigenvalue weighted by Crippen LogP contribution is -2.30. The zero-order chi connectivity index (χ0) is 19.8. The van der Waals surface area contributed by atoms with Crippen LogP contribution in [-0.2, 0) is 16.0 Å². The van der Waals surface area contributed by atoms with E-state index in [0.717, 1.165) is 11.1 Å². The van der Waals surface area contributed by atoms with Crippen LogP contribution in [0.1, 0.15) is 30.5 Å².